The Kier molecular flexibility index (Phi) is 5.96. The van der Waals surface area contributed by atoms with E-state index >= 15 is 0 Å². The minimum atomic E-state index is -3.17. The standard InChI is InChI=1S/C12H22N2O2S/c1-3-9-14(11-12-6-7-12)17(15,16)10-5-8-13-4-2/h1,12-13H,4-11H2,2H3. The van der Waals surface area contributed by atoms with Gasteiger partial charge in [-0.3, -0.25) is 0 Å². The van der Waals surface area contributed by atoms with Crippen LogP contribution in [0.1, 0.15) is 26.2 Å². The third kappa shape index (κ3) is 5.53. The summed E-state index contributed by atoms with van der Waals surface area (Å²) in [5.74, 6) is 3.16. The smallest absolute Gasteiger partial charge is 0.215 e. The van der Waals surface area contributed by atoms with Crippen LogP contribution in [0.4, 0.5) is 0 Å². The van der Waals surface area contributed by atoms with Gasteiger partial charge in [0.15, 0.2) is 0 Å². The van der Waals surface area contributed by atoms with Gasteiger partial charge in [-0.05, 0) is 38.3 Å². The molecule has 1 aliphatic carbocycles. The lowest BCUT2D eigenvalue weighted by molar-refractivity contribution is 0.428. The van der Waals surface area contributed by atoms with Gasteiger partial charge in [0.2, 0.25) is 10.0 Å². The quantitative estimate of drug-likeness (QED) is 0.488. The third-order valence-corrected chi connectivity index (χ3v) is 4.70. The van der Waals surface area contributed by atoms with Gasteiger partial charge in [-0.15, -0.1) is 6.42 Å². The molecule has 0 aliphatic heterocycles. The van der Waals surface area contributed by atoms with E-state index in [2.05, 4.69) is 11.2 Å². The molecule has 0 atom stereocenters. The number of terminal acetylenes is 1. The topological polar surface area (TPSA) is 49.4 Å². The molecular weight excluding hydrogens is 236 g/mol. The molecule has 0 amide bonds. The maximum atomic E-state index is 12.0. The first-order valence-electron chi connectivity index (χ1n) is 6.22. The van der Waals surface area contributed by atoms with Crippen molar-refractivity contribution in [1.29, 1.82) is 0 Å². The van der Waals surface area contributed by atoms with E-state index in [0.717, 1.165) is 25.9 Å². The van der Waals surface area contributed by atoms with Crippen molar-refractivity contribution in [3.63, 3.8) is 0 Å². The summed E-state index contributed by atoms with van der Waals surface area (Å²) in [7, 11) is -3.17. The average Bonchev–Trinajstić information content (AvgIpc) is 3.08. The molecule has 5 heteroatoms. The van der Waals surface area contributed by atoms with Gasteiger partial charge in [-0.1, -0.05) is 12.8 Å². The molecule has 0 aromatic carbocycles. The molecule has 1 saturated carbocycles. The molecule has 0 unspecified atom stereocenters. The van der Waals surface area contributed by atoms with Crippen molar-refractivity contribution in [2.75, 3.05) is 31.9 Å². The van der Waals surface area contributed by atoms with E-state index in [4.69, 9.17) is 6.42 Å². The second kappa shape index (κ2) is 7.00. The van der Waals surface area contributed by atoms with Crippen LogP contribution in [0.5, 0.6) is 0 Å². The molecule has 1 fully saturated rings. The number of rotatable bonds is 9. The lowest BCUT2D eigenvalue weighted by Crippen LogP contribution is -2.35. The molecule has 1 rings (SSSR count). The fourth-order valence-corrected chi connectivity index (χ4v) is 3.13. The van der Waals surface area contributed by atoms with E-state index in [1.165, 1.54) is 4.31 Å². The summed E-state index contributed by atoms with van der Waals surface area (Å²) in [6.45, 7) is 4.43. The lowest BCUT2D eigenvalue weighted by atomic mass is 10.4. The Balaban J connectivity index is 2.42. The minimum absolute atomic E-state index is 0.189. The van der Waals surface area contributed by atoms with E-state index < -0.39 is 10.0 Å². The van der Waals surface area contributed by atoms with E-state index in [9.17, 15) is 8.42 Å². The van der Waals surface area contributed by atoms with E-state index in [1.807, 2.05) is 6.92 Å². The van der Waals surface area contributed by atoms with Crippen LogP contribution in [0.2, 0.25) is 0 Å². The van der Waals surface area contributed by atoms with Crippen LogP contribution in [0, 0.1) is 18.3 Å². The van der Waals surface area contributed by atoms with Gasteiger partial charge in [0.05, 0.1) is 12.3 Å². The molecule has 0 bridgehead atoms. The first-order valence-corrected chi connectivity index (χ1v) is 7.83. The van der Waals surface area contributed by atoms with Crippen molar-refractivity contribution in [2.45, 2.75) is 26.2 Å². The van der Waals surface area contributed by atoms with Gasteiger partial charge >= 0.3 is 0 Å². The molecule has 0 aromatic rings. The molecule has 0 heterocycles. The predicted molar refractivity (Wildman–Crippen MR) is 70.1 cm³/mol. The highest BCUT2D eigenvalue weighted by Gasteiger charge is 2.29. The molecule has 4 nitrogen and oxygen atoms in total. The fraction of sp³-hybridized carbons (Fsp3) is 0.833. The van der Waals surface area contributed by atoms with Crippen molar-refractivity contribution in [1.82, 2.24) is 9.62 Å². The van der Waals surface area contributed by atoms with Crippen molar-refractivity contribution in [3.05, 3.63) is 0 Å². The fourth-order valence-electron chi connectivity index (χ4n) is 1.65. The summed E-state index contributed by atoms with van der Waals surface area (Å²) in [5, 5.41) is 3.12. The first-order chi connectivity index (χ1) is 8.10. The van der Waals surface area contributed by atoms with Gasteiger partial charge in [0, 0.05) is 6.54 Å². The third-order valence-electron chi connectivity index (χ3n) is 2.83. The van der Waals surface area contributed by atoms with Crippen LogP contribution >= 0.6 is 0 Å². The number of hydrogen-bond acceptors (Lipinski definition) is 3. The highest BCUT2D eigenvalue weighted by Crippen LogP contribution is 2.30. The maximum absolute atomic E-state index is 12.0. The maximum Gasteiger partial charge on any atom is 0.215 e. The second-order valence-electron chi connectivity index (χ2n) is 4.46. The van der Waals surface area contributed by atoms with Crippen LogP contribution in [0.25, 0.3) is 0 Å². The molecular formula is C12H22N2O2S. The Morgan fingerprint density at radius 1 is 1.47 bits per heavy atom. The van der Waals surface area contributed by atoms with Gasteiger partial charge in [-0.2, -0.15) is 4.31 Å². The minimum Gasteiger partial charge on any atom is -0.317 e. The highest BCUT2D eigenvalue weighted by atomic mass is 32.2. The predicted octanol–water partition coefficient (Wildman–Crippen LogP) is 0.661. The van der Waals surface area contributed by atoms with Crippen molar-refractivity contribution < 1.29 is 8.42 Å². The molecule has 98 valence electrons. The number of nitrogens with one attached hydrogen (secondary N) is 1. The molecule has 1 aliphatic rings. The largest absolute Gasteiger partial charge is 0.317 e. The van der Waals surface area contributed by atoms with E-state index in [-0.39, 0.29) is 12.3 Å². The van der Waals surface area contributed by atoms with Crippen LogP contribution in [-0.4, -0.2) is 44.7 Å². The van der Waals surface area contributed by atoms with Crippen molar-refractivity contribution in [2.24, 2.45) is 5.92 Å². The summed E-state index contributed by atoms with van der Waals surface area (Å²) in [5.41, 5.74) is 0. The lowest BCUT2D eigenvalue weighted by Gasteiger charge is -2.19. The zero-order valence-electron chi connectivity index (χ0n) is 10.5. The Morgan fingerprint density at radius 2 is 2.18 bits per heavy atom. The van der Waals surface area contributed by atoms with Crippen LogP contribution in [0.15, 0.2) is 0 Å². The zero-order valence-corrected chi connectivity index (χ0v) is 11.3. The summed E-state index contributed by atoms with van der Waals surface area (Å²) >= 11 is 0. The SMILES string of the molecule is C#CCN(CC1CC1)S(=O)(=O)CCCNCC. The number of nitrogens with zero attached hydrogens (tertiary/aromatic N) is 1. The summed E-state index contributed by atoms with van der Waals surface area (Å²) in [4.78, 5) is 0. The van der Waals surface area contributed by atoms with Gasteiger partial charge in [-0.25, -0.2) is 8.42 Å². The number of hydrogen-bond donors (Lipinski definition) is 1. The average molecular weight is 258 g/mol. The number of sulfonamides is 1. The molecule has 0 radical (unpaired) electrons. The molecule has 0 aromatic heterocycles. The van der Waals surface area contributed by atoms with Crippen molar-refractivity contribution in [3.8, 4) is 12.3 Å². The van der Waals surface area contributed by atoms with E-state index in [0.29, 0.717) is 18.9 Å². The van der Waals surface area contributed by atoms with Crippen LogP contribution in [0.3, 0.4) is 0 Å². The van der Waals surface area contributed by atoms with Crippen LogP contribution < -0.4 is 5.32 Å². The van der Waals surface area contributed by atoms with Crippen molar-refractivity contribution >= 4 is 10.0 Å². The van der Waals surface area contributed by atoms with Crippen LogP contribution in [-0.2, 0) is 10.0 Å². The summed E-state index contributed by atoms with van der Waals surface area (Å²) in [6, 6.07) is 0. The second-order valence-corrected chi connectivity index (χ2v) is 6.55. The summed E-state index contributed by atoms with van der Waals surface area (Å²) < 4.78 is 25.6. The Hall–Kier alpha value is -0.570. The first kappa shape index (κ1) is 14.5. The summed E-state index contributed by atoms with van der Waals surface area (Å²) in [6.07, 6.45) is 8.14. The van der Waals surface area contributed by atoms with E-state index in [1.54, 1.807) is 0 Å². The van der Waals surface area contributed by atoms with Gasteiger partial charge in [0.1, 0.15) is 0 Å². The Bertz CT molecular complexity index is 355. The molecule has 1 N–H and O–H groups in total. The Morgan fingerprint density at radius 3 is 2.71 bits per heavy atom. The monoisotopic (exact) mass is 258 g/mol. The van der Waals surface area contributed by atoms with Gasteiger partial charge < -0.3 is 5.32 Å². The highest BCUT2D eigenvalue weighted by molar-refractivity contribution is 7.89. The molecule has 0 saturated heterocycles. The molecule has 0 spiro atoms. The van der Waals surface area contributed by atoms with Gasteiger partial charge in [0.25, 0.3) is 0 Å². The molecule has 17 heavy (non-hydrogen) atoms. The zero-order chi connectivity index (χ0) is 12.7. The normalized spacial score (nSPS) is 16.1. The Labute approximate surface area is 105 Å².